The molecule has 0 radical (unpaired) electrons. The molecule has 106 valence electrons. The number of hydrogen-bond donors (Lipinski definition) is 4. The average molecular weight is 285 g/mol. The van der Waals surface area contributed by atoms with Gasteiger partial charge in [-0.05, 0) is 31.0 Å². The van der Waals surface area contributed by atoms with Gasteiger partial charge >= 0.3 is 0 Å². The summed E-state index contributed by atoms with van der Waals surface area (Å²) in [7, 11) is -3.63. The van der Waals surface area contributed by atoms with Crippen molar-refractivity contribution in [2.24, 2.45) is 16.0 Å². The SMILES string of the molecule is CCNC(=NCCc1ccc(S(N)(=O)=O)cc1)NN. The van der Waals surface area contributed by atoms with E-state index in [2.05, 4.69) is 15.7 Å². The van der Waals surface area contributed by atoms with Gasteiger partial charge in [-0.1, -0.05) is 12.1 Å². The summed E-state index contributed by atoms with van der Waals surface area (Å²) >= 11 is 0. The van der Waals surface area contributed by atoms with E-state index in [9.17, 15) is 8.42 Å². The van der Waals surface area contributed by atoms with Crippen molar-refractivity contribution >= 4 is 16.0 Å². The first-order chi connectivity index (χ1) is 8.97. The molecule has 0 amide bonds. The van der Waals surface area contributed by atoms with Crippen LogP contribution < -0.4 is 21.7 Å². The molecular weight excluding hydrogens is 266 g/mol. The fourth-order valence-corrected chi connectivity index (χ4v) is 1.98. The molecule has 1 rings (SSSR count). The lowest BCUT2D eigenvalue weighted by Crippen LogP contribution is -2.41. The van der Waals surface area contributed by atoms with Gasteiger partial charge in [0.25, 0.3) is 0 Å². The first kappa shape index (κ1) is 15.4. The van der Waals surface area contributed by atoms with Crippen LogP contribution in [-0.4, -0.2) is 27.5 Å². The molecule has 0 saturated heterocycles. The Hall–Kier alpha value is -1.64. The number of benzene rings is 1. The molecule has 8 heteroatoms. The molecule has 0 spiro atoms. The highest BCUT2D eigenvalue weighted by molar-refractivity contribution is 7.89. The van der Waals surface area contributed by atoms with E-state index in [0.717, 1.165) is 12.1 Å². The fourth-order valence-electron chi connectivity index (χ4n) is 1.46. The quantitative estimate of drug-likeness (QED) is 0.247. The number of nitrogens with two attached hydrogens (primary N) is 2. The summed E-state index contributed by atoms with van der Waals surface area (Å²) in [5.41, 5.74) is 3.44. The molecule has 0 heterocycles. The molecule has 1 aromatic rings. The van der Waals surface area contributed by atoms with E-state index in [1.807, 2.05) is 6.92 Å². The van der Waals surface area contributed by atoms with Gasteiger partial charge in [0.2, 0.25) is 16.0 Å². The van der Waals surface area contributed by atoms with Gasteiger partial charge in [0, 0.05) is 13.1 Å². The normalized spacial score (nSPS) is 12.3. The smallest absolute Gasteiger partial charge is 0.238 e. The van der Waals surface area contributed by atoms with Crippen LogP contribution in [-0.2, 0) is 16.4 Å². The molecule has 1 aromatic carbocycles. The Kier molecular flexibility index (Phi) is 5.74. The molecule has 7 nitrogen and oxygen atoms in total. The van der Waals surface area contributed by atoms with Crippen LogP contribution in [0.15, 0.2) is 34.2 Å². The molecule has 0 aromatic heterocycles. The van der Waals surface area contributed by atoms with Gasteiger partial charge in [0.1, 0.15) is 0 Å². The second-order valence-corrected chi connectivity index (χ2v) is 5.41. The highest BCUT2D eigenvalue weighted by atomic mass is 32.2. The summed E-state index contributed by atoms with van der Waals surface area (Å²) in [4.78, 5) is 4.33. The van der Waals surface area contributed by atoms with Crippen LogP contribution in [0.2, 0.25) is 0 Å². The van der Waals surface area contributed by atoms with Crippen LogP contribution in [0, 0.1) is 0 Å². The molecule has 0 saturated carbocycles. The molecule has 0 atom stereocenters. The van der Waals surface area contributed by atoms with Gasteiger partial charge < -0.3 is 5.32 Å². The van der Waals surface area contributed by atoms with E-state index in [0.29, 0.717) is 18.9 Å². The number of rotatable bonds is 5. The molecule has 0 unspecified atom stereocenters. The lowest BCUT2D eigenvalue weighted by Gasteiger charge is -2.06. The number of aliphatic imine (C=N–C) groups is 1. The Morgan fingerprint density at radius 1 is 1.32 bits per heavy atom. The maximum absolute atomic E-state index is 11.1. The van der Waals surface area contributed by atoms with E-state index >= 15 is 0 Å². The van der Waals surface area contributed by atoms with Gasteiger partial charge in [-0.25, -0.2) is 19.4 Å². The molecule has 0 aliphatic heterocycles. The molecule has 19 heavy (non-hydrogen) atoms. The van der Waals surface area contributed by atoms with Gasteiger partial charge in [-0.15, -0.1) is 0 Å². The highest BCUT2D eigenvalue weighted by Gasteiger charge is 2.06. The zero-order chi connectivity index (χ0) is 14.3. The Morgan fingerprint density at radius 3 is 2.42 bits per heavy atom. The average Bonchev–Trinajstić information content (AvgIpc) is 2.37. The van der Waals surface area contributed by atoms with Gasteiger partial charge in [0.05, 0.1) is 4.90 Å². The van der Waals surface area contributed by atoms with Crippen LogP contribution >= 0.6 is 0 Å². The minimum Gasteiger partial charge on any atom is -0.356 e. The van der Waals surface area contributed by atoms with Crippen molar-refractivity contribution in [2.45, 2.75) is 18.2 Å². The standard InChI is InChI=1S/C11H19N5O2S/c1-2-14-11(16-12)15-8-7-9-3-5-10(6-4-9)19(13,17)18/h3-6H,2,7-8,12H2,1H3,(H2,13,17,18)(H2,14,15,16). The number of nitrogens with one attached hydrogen (secondary N) is 2. The van der Waals surface area contributed by atoms with Crippen LogP contribution in [0.3, 0.4) is 0 Å². The van der Waals surface area contributed by atoms with Crippen LogP contribution in [0.25, 0.3) is 0 Å². The molecule has 0 aliphatic carbocycles. The first-order valence-electron chi connectivity index (χ1n) is 5.84. The third-order valence-corrected chi connectivity index (χ3v) is 3.33. The third kappa shape index (κ3) is 5.25. The van der Waals surface area contributed by atoms with Crippen molar-refractivity contribution in [2.75, 3.05) is 13.1 Å². The third-order valence-electron chi connectivity index (χ3n) is 2.40. The predicted octanol–water partition coefficient (Wildman–Crippen LogP) is -0.695. The Morgan fingerprint density at radius 2 is 1.95 bits per heavy atom. The molecule has 0 fully saturated rings. The van der Waals surface area contributed by atoms with Crippen molar-refractivity contribution in [3.63, 3.8) is 0 Å². The first-order valence-corrected chi connectivity index (χ1v) is 7.38. The number of guanidine groups is 1. The number of nitrogens with zero attached hydrogens (tertiary/aromatic N) is 1. The summed E-state index contributed by atoms with van der Waals surface area (Å²) in [5.74, 6) is 5.81. The van der Waals surface area contributed by atoms with Gasteiger partial charge in [0.15, 0.2) is 0 Å². The van der Waals surface area contributed by atoms with E-state index in [4.69, 9.17) is 11.0 Å². The summed E-state index contributed by atoms with van der Waals surface area (Å²) in [5, 5.41) is 7.98. The second-order valence-electron chi connectivity index (χ2n) is 3.84. The lowest BCUT2D eigenvalue weighted by atomic mass is 10.1. The van der Waals surface area contributed by atoms with Crippen LogP contribution in [0.1, 0.15) is 12.5 Å². The molecule has 0 bridgehead atoms. The minimum absolute atomic E-state index is 0.108. The van der Waals surface area contributed by atoms with Crippen molar-refractivity contribution < 1.29 is 8.42 Å². The monoisotopic (exact) mass is 285 g/mol. The van der Waals surface area contributed by atoms with Crippen LogP contribution in [0.4, 0.5) is 0 Å². The van der Waals surface area contributed by atoms with Crippen molar-refractivity contribution in [3.05, 3.63) is 29.8 Å². The number of sulfonamides is 1. The second kappa shape index (κ2) is 7.07. The van der Waals surface area contributed by atoms with Gasteiger partial charge in [-0.3, -0.25) is 10.4 Å². The zero-order valence-corrected chi connectivity index (χ0v) is 11.6. The van der Waals surface area contributed by atoms with Gasteiger partial charge in [-0.2, -0.15) is 0 Å². The fraction of sp³-hybridized carbons (Fsp3) is 0.364. The predicted molar refractivity (Wildman–Crippen MR) is 74.8 cm³/mol. The van der Waals surface area contributed by atoms with E-state index < -0.39 is 10.0 Å². The molecule has 6 N–H and O–H groups in total. The summed E-state index contributed by atoms with van der Waals surface area (Å²) in [6.45, 7) is 3.21. The number of primary sulfonamides is 1. The topological polar surface area (TPSA) is 123 Å². The van der Waals surface area contributed by atoms with Crippen LogP contribution in [0.5, 0.6) is 0 Å². The van der Waals surface area contributed by atoms with Crippen molar-refractivity contribution in [1.29, 1.82) is 0 Å². The Bertz CT molecular complexity index is 525. The summed E-state index contributed by atoms with van der Waals surface area (Å²) in [6.07, 6.45) is 0.682. The number of hydrazine groups is 1. The van der Waals surface area contributed by atoms with Crippen molar-refractivity contribution in [1.82, 2.24) is 10.7 Å². The zero-order valence-electron chi connectivity index (χ0n) is 10.8. The van der Waals surface area contributed by atoms with E-state index in [1.165, 1.54) is 12.1 Å². The Labute approximate surface area is 113 Å². The maximum Gasteiger partial charge on any atom is 0.238 e. The lowest BCUT2D eigenvalue weighted by molar-refractivity contribution is 0.598. The largest absolute Gasteiger partial charge is 0.356 e. The molecule has 0 aliphatic rings. The number of hydrogen-bond acceptors (Lipinski definition) is 4. The van der Waals surface area contributed by atoms with E-state index in [1.54, 1.807) is 12.1 Å². The molecular formula is C11H19N5O2S. The Balaban J connectivity index is 2.60. The highest BCUT2D eigenvalue weighted by Crippen LogP contribution is 2.09. The summed E-state index contributed by atoms with van der Waals surface area (Å²) < 4.78 is 22.2. The maximum atomic E-state index is 11.1. The van der Waals surface area contributed by atoms with Crippen molar-refractivity contribution in [3.8, 4) is 0 Å². The summed E-state index contributed by atoms with van der Waals surface area (Å²) in [6, 6.07) is 6.41. The minimum atomic E-state index is -3.63. The van der Waals surface area contributed by atoms with E-state index in [-0.39, 0.29) is 4.90 Å².